The molecule has 0 aliphatic carbocycles. The number of nitrogens with two attached hydrogens (primary N) is 1. The van der Waals surface area contributed by atoms with Gasteiger partial charge in [0.1, 0.15) is 6.54 Å². The number of hydrogen-bond donors (Lipinski definition) is 1. The van der Waals surface area contributed by atoms with E-state index in [1.54, 1.807) is 0 Å². The first-order chi connectivity index (χ1) is 12.9. The molecule has 1 aliphatic heterocycles. The van der Waals surface area contributed by atoms with Crippen LogP contribution in [0.1, 0.15) is 44.2 Å². The lowest BCUT2D eigenvalue weighted by molar-refractivity contribution is -0.672. The Bertz CT molecular complexity index is 709. The van der Waals surface area contributed by atoms with Crippen molar-refractivity contribution < 1.29 is 10.1 Å². The predicted molar refractivity (Wildman–Crippen MR) is 113 cm³/mol. The highest BCUT2D eigenvalue weighted by molar-refractivity contribution is 5.45. The van der Waals surface area contributed by atoms with Crippen LogP contribution in [-0.4, -0.2) is 32.8 Å². The van der Waals surface area contributed by atoms with E-state index in [-0.39, 0.29) is 11.0 Å². The summed E-state index contributed by atoms with van der Waals surface area (Å²) in [6, 6.07) is 20.0. The Labute approximate surface area is 164 Å². The Kier molecular flexibility index (Phi) is 6.23. The van der Waals surface area contributed by atoms with Crippen molar-refractivity contribution in [2.45, 2.75) is 50.7 Å². The van der Waals surface area contributed by atoms with Gasteiger partial charge >= 0.3 is 0 Å². The molecular weight excluding hydrogens is 332 g/mol. The van der Waals surface area contributed by atoms with Gasteiger partial charge in [-0.2, -0.15) is 0 Å². The van der Waals surface area contributed by atoms with Crippen molar-refractivity contribution in [3.8, 4) is 0 Å². The minimum absolute atomic E-state index is 0.0455. The Morgan fingerprint density at radius 1 is 1.00 bits per heavy atom. The molecule has 2 aromatic rings. The van der Waals surface area contributed by atoms with Gasteiger partial charge in [0, 0.05) is 43.8 Å². The van der Waals surface area contributed by atoms with Crippen molar-refractivity contribution in [2.75, 3.05) is 32.1 Å². The smallest absolute Gasteiger partial charge is 0.101 e. The lowest BCUT2D eigenvalue weighted by Crippen LogP contribution is -2.83. The second-order valence-electron chi connectivity index (χ2n) is 8.77. The highest BCUT2D eigenvalue weighted by Gasteiger charge is 2.42. The largest absolute Gasteiger partial charge is 0.378 e. The summed E-state index contributed by atoms with van der Waals surface area (Å²) >= 11 is 0. The van der Waals surface area contributed by atoms with Crippen LogP contribution in [0.25, 0.3) is 0 Å². The molecule has 3 rings (SSSR count). The Morgan fingerprint density at radius 3 is 2.33 bits per heavy atom. The fourth-order valence-corrected chi connectivity index (χ4v) is 4.45. The van der Waals surface area contributed by atoms with Gasteiger partial charge in [0.15, 0.2) is 0 Å². The molecule has 1 aliphatic rings. The molecule has 1 atom stereocenters. The van der Waals surface area contributed by atoms with Crippen LogP contribution in [0, 0.1) is 0 Å². The van der Waals surface area contributed by atoms with E-state index in [0.29, 0.717) is 0 Å². The first-order valence-corrected chi connectivity index (χ1v) is 10.2. The van der Waals surface area contributed by atoms with E-state index in [0.717, 1.165) is 32.5 Å². The van der Waals surface area contributed by atoms with Gasteiger partial charge in [0.25, 0.3) is 0 Å². The normalized spacial score (nSPS) is 21.8. The van der Waals surface area contributed by atoms with Gasteiger partial charge in [0.05, 0.1) is 12.1 Å². The van der Waals surface area contributed by atoms with Crippen molar-refractivity contribution in [1.82, 2.24) is 0 Å². The van der Waals surface area contributed by atoms with E-state index in [1.165, 1.54) is 23.2 Å². The summed E-state index contributed by atoms with van der Waals surface area (Å²) in [5.41, 5.74) is 4.31. The topological polar surface area (TPSA) is 29.1 Å². The molecule has 0 radical (unpaired) electrons. The third-order valence-corrected chi connectivity index (χ3v) is 5.88. The second kappa shape index (κ2) is 8.45. The number of hydrogen-bond acceptors (Lipinski definition) is 2. The number of anilines is 1. The molecule has 2 N–H and O–H groups in total. The summed E-state index contributed by atoms with van der Waals surface area (Å²) in [6.07, 6.45) is 3.40. The third kappa shape index (κ3) is 5.12. The maximum atomic E-state index is 6.03. The lowest BCUT2D eigenvalue weighted by Gasteiger charge is -2.45. The molecule has 0 aromatic heterocycles. The van der Waals surface area contributed by atoms with E-state index in [2.05, 4.69) is 92.8 Å². The molecule has 1 heterocycles. The van der Waals surface area contributed by atoms with E-state index in [9.17, 15) is 0 Å². The van der Waals surface area contributed by atoms with Crippen LogP contribution in [-0.2, 0) is 16.7 Å². The summed E-state index contributed by atoms with van der Waals surface area (Å²) in [5, 5.41) is 2.46. The molecule has 2 aromatic carbocycles. The standard InChI is InChI=1S/C24H34N2O/c1-23(2)19-24(15-17-27-23,21-8-6-5-7-9-21)14-16-25-18-20-10-12-22(13-11-20)26(3)4/h5-13,25H,14-19H2,1-4H3/p+1/t24-/m1/s1. The monoisotopic (exact) mass is 367 g/mol. The Hall–Kier alpha value is -1.84. The zero-order valence-electron chi connectivity index (χ0n) is 17.4. The molecule has 146 valence electrons. The van der Waals surface area contributed by atoms with Gasteiger partial charge in [-0.3, -0.25) is 0 Å². The summed E-state index contributed by atoms with van der Waals surface area (Å²) in [7, 11) is 4.17. The van der Waals surface area contributed by atoms with Crippen LogP contribution >= 0.6 is 0 Å². The molecule has 0 saturated carbocycles. The van der Waals surface area contributed by atoms with Crippen molar-refractivity contribution in [3.63, 3.8) is 0 Å². The molecule has 0 unspecified atom stereocenters. The van der Waals surface area contributed by atoms with Crippen LogP contribution in [0.2, 0.25) is 0 Å². The van der Waals surface area contributed by atoms with Gasteiger partial charge in [-0.1, -0.05) is 42.5 Å². The highest BCUT2D eigenvalue weighted by Crippen LogP contribution is 2.43. The van der Waals surface area contributed by atoms with Crippen LogP contribution in [0.15, 0.2) is 54.6 Å². The maximum absolute atomic E-state index is 6.03. The molecule has 3 heteroatoms. The first-order valence-electron chi connectivity index (χ1n) is 10.2. The van der Waals surface area contributed by atoms with Gasteiger partial charge in [-0.05, 0) is 44.4 Å². The third-order valence-electron chi connectivity index (χ3n) is 5.88. The molecule has 1 fully saturated rings. The van der Waals surface area contributed by atoms with Gasteiger partial charge < -0.3 is 15.0 Å². The predicted octanol–water partition coefficient (Wildman–Crippen LogP) is 3.73. The fraction of sp³-hybridized carbons (Fsp3) is 0.500. The molecule has 0 amide bonds. The minimum Gasteiger partial charge on any atom is -0.378 e. The summed E-state index contributed by atoms with van der Waals surface area (Å²) in [6.45, 7) is 7.51. The fourth-order valence-electron chi connectivity index (χ4n) is 4.45. The van der Waals surface area contributed by atoms with Crippen LogP contribution < -0.4 is 10.2 Å². The highest BCUT2D eigenvalue weighted by atomic mass is 16.5. The zero-order valence-corrected chi connectivity index (χ0v) is 17.4. The van der Waals surface area contributed by atoms with Crippen LogP contribution in [0.3, 0.4) is 0 Å². The van der Waals surface area contributed by atoms with Gasteiger partial charge in [0.2, 0.25) is 0 Å². The molecule has 3 nitrogen and oxygen atoms in total. The quantitative estimate of drug-likeness (QED) is 0.756. The molecule has 1 saturated heterocycles. The van der Waals surface area contributed by atoms with E-state index in [4.69, 9.17) is 4.74 Å². The summed E-state index contributed by atoms with van der Waals surface area (Å²) in [4.78, 5) is 2.14. The second-order valence-corrected chi connectivity index (χ2v) is 8.77. The van der Waals surface area contributed by atoms with Crippen LogP contribution in [0.5, 0.6) is 0 Å². The van der Waals surface area contributed by atoms with Crippen molar-refractivity contribution in [1.29, 1.82) is 0 Å². The van der Waals surface area contributed by atoms with Crippen LogP contribution in [0.4, 0.5) is 5.69 Å². The first kappa shape index (κ1) is 19.9. The number of ether oxygens (including phenoxy) is 1. The van der Waals surface area contributed by atoms with Crippen molar-refractivity contribution in [3.05, 3.63) is 65.7 Å². The number of nitrogens with zero attached hydrogens (tertiary/aromatic N) is 1. The average molecular weight is 368 g/mol. The molecule has 0 bridgehead atoms. The number of quaternary nitrogens is 1. The van der Waals surface area contributed by atoms with Crippen molar-refractivity contribution >= 4 is 5.69 Å². The zero-order chi connectivity index (χ0) is 19.3. The van der Waals surface area contributed by atoms with E-state index >= 15 is 0 Å². The van der Waals surface area contributed by atoms with Gasteiger partial charge in [-0.15, -0.1) is 0 Å². The molecular formula is C24H35N2O+. The number of rotatable bonds is 7. The molecule has 27 heavy (non-hydrogen) atoms. The Balaban J connectivity index is 1.62. The van der Waals surface area contributed by atoms with E-state index < -0.39 is 0 Å². The average Bonchev–Trinajstić information content (AvgIpc) is 2.65. The van der Waals surface area contributed by atoms with Gasteiger partial charge in [-0.25, -0.2) is 0 Å². The van der Waals surface area contributed by atoms with E-state index in [1.807, 2.05) is 0 Å². The maximum Gasteiger partial charge on any atom is 0.101 e. The minimum atomic E-state index is -0.0455. The Morgan fingerprint density at radius 2 is 1.70 bits per heavy atom. The summed E-state index contributed by atoms with van der Waals surface area (Å²) in [5.74, 6) is 0. The summed E-state index contributed by atoms with van der Waals surface area (Å²) < 4.78 is 6.03. The molecule has 0 spiro atoms. The lowest BCUT2D eigenvalue weighted by atomic mass is 9.67. The van der Waals surface area contributed by atoms with Crippen molar-refractivity contribution in [2.24, 2.45) is 0 Å². The number of benzene rings is 2. The SMILES string of the molecule is CN(C)c1ccc(C[NH2+]CC[C@@]2(c3ccccc3)CCOC(C)(C)C2)cc1.